The van der Waals surface area contributed by atoms with Crippen molar-refractivity contribution in [3.8, 4) is 6.07 Å². The molecular weight excluding hydrogens is 363 g/mol. The van der Waals surface area contributed by atoms with Crippen LogP contribution in [0.4, 0.5) is 9.18 Å². The van der Waals surface area contributed by atoms with Crippen LogP contribution in [0.15, 0.2) is 18.2 Å². The van der Waals surface area contributed by atoms with Gasteiger partial charge in [0.15, 0.2) is 5.78 Å². The second-order valence-electron chi connectivity index (χ2n) is 8.41. The molecule has 7 heteroatoms. The quantitative estimate of drug-likeness (QED) is 0.741. The largest absolute Gasteiger partial charge is 0.444 e. The van der Waals surface area contributed by atoms with E-state index in [9.17, 15) is 14.0 Å². The van der Waals surface area contributed by atoms with Crippen molar-refractivity contribution < 1.29 is 23.5 Å². The second kappa shape index (κ2) is 7.88. The molecule has 0 saturated carbocycles. The Labute approximate surface area is 164 Å². The first kappa shape index (κ1) is 20.3. The Morgan fingerprint density at radius 1 is 1.29 bits per heavy atom. The molecule has 6 nitrogen and oxygen atoms in total. The average molecular weight is 388 g/mol. The molecule has 0 N–H and O–H groups in total. The number of Topliss-reactive ketones (excluding diaryl/α,β-unsaturated/α-hetero) is 1. The molecule has 0 radical (unpaired) electrons. The standard InChI is InChI=1S/C21H25FN2O4/c1-21(2,3)28-20(26)24-15-9-14(10-16(24)12-27-11-15)19(25)17-8-13(6-7-23)4-5-18(17)22/h4-5,8,14-16H,6,9-12H2,1-3H3. The van der Waals surface area contributed by atoms with Gasteiger partial charge in [0.2, 0.25) is 0 Å². The van der Waals surface area contributed by atoms with Crippen molar-refractivity contribution in [2.75, 3.05) is 13.2 Å². The fraction of sp³-hybridized carbons (Fsp3) is 0.571. The van der Waals surface area contributed by atoms with E-state index in [1.165, 1.54) is 18.2 Å². The van der Waals surface area contributed by atoms with E-state index in [0.717, 1.165) is 0 Å². The van der Waals surface area contributed by atoms with Crippen LogP contribution in [0.3, 0.4) is 0 Å². The summed E-state index contributed by atoms with van der Waals surface area (Å²) in [5, 5.41) is 8.85. The minimum absolute atomic E-state index is 0.0162. The third-order valence-electron chi connectivity index (χ3n) is 5.07. The number of nitriles is 1. The van der Waals surface area contributed by atoms with Gasteiger partial charge in [0.1, 0.15) is 11.4 Å². The highest BCUT2D eigenvalue weighted by atomic mass is 19.1. The maximum Gasteiger partial charge on any atom is 0.410 e. The molecule has 2 unspecified atom stereocenters. The number of fused-ring (bicyclic) bond motifs is 2. The molecule has 3 rings (SSSR count). The Balaban J connectivity index is 1.79. The smallest absolute Gasteiger partial charge is 0.410 e. The van der Waals surface area contributed by atoms with E-state index >= 15 is 0 Å². The summed E-state index contributed by atoms with van der Waals surface area (Å²) in [7, 11) is 0. The number of nitrogens with zero attached hydrogens (tertiary/aromatic N) is 2. The molecule has 2 bridgehead atoms. The number of benzene rings is 1. The van der Waals surface area contributed by atoms with E-state index in [1.54, 1.807) is 4.90 Å². The van der Waals surface area contributed by atoms with E-state index in [2.05, 4.69) is 0 Å². The number of ether oxygens (including phenoxy) is 2. The van der Waals surface area contributed by atoms with Gasteiger partial charge in [-0.05, 0) is 51.3 Å². The summed E-state index contributed by atoms with van der Waals surface area (Å²) in [4.78, 5) is 27.3. The average Bonchev–Trinajstić information content (AvgIpc) is 2.60. The number of morpholine rings is 1. The predicted molar refractivity (Wildman–Crippen MR) is 99.2 cm³/mol. The van der Waals surface area contributed by atoms with Gasteiger partial charge in [-0.3, -0.25) is 9.69 Å². The molecule has 1 amide bonds. The summed E-state index contributed by atoms with van der Waals surface area (Å²) in [6.45, 7) is 6.09. The highest BCUT2D eigenvalue weighted by Gasteiger charge is 2.45. The molecule has 1 aromatic carbocycles. The summed E-state index contributed by atoms with van der Waals surface area (Å²) in [6.07, 6.45) is 0.517. The van der Waals surface area contributed by atoms with Gasteiger partial charge in [-0.15, -0.1) is 0 Å². The van der Waals surface area contributed by atoms with Crippen molar-refractivity contribution in [3.05, 3.63) is 35.1 Å². The van der Waals surface area contributed by atoms with Crippen LogP contribution >= 0.6 is 0 Å². The van der Waals surface area contributed by atoms with E-state index in [-0.39, 0.29) is 29.9 Å². The van der Waals surface area contributed by atoms with Crippen LogP contribution in [0.25, 0.3) is 0 Å². The van der Waals surface area contributed by atoms with Gasteiger partial charge in [-0.2, -0.15) is 5.26 Å². The maximum absolute atomic E-state index is 14.3. The van der Waals surface area contributed by atoms with E-state index < -0.39 is 23.4 Å². The first-order chi connectivity index (χ1) is 13.2. The monoisotopic (exact) mass is 388 g/mol. The van der Waals surface area contributed by atoms with Crippen LogP contribution in [-0.4, -0.2) is 47.7 Å². The fourth-order valence-electron chi connectivity index (χ4n) is 3.92. The molecule has 2 aliphatic rings. The van der Waals surface area contributed by atoms with Gasteiger partial charge in [0.05, 0.1) is 43.4 Å². The zero-order chi connectivity index (χ0) is 20.5. The number of halogens is 1. The number of carbonyl (C=O) groups excluding carboxylic acids is 2. The molecule has 0 spiro atoms. The van der Waals surface area contributed by atoms with Crippen molar-refractivity contribution in [1.82, 2.24) is 4.90 Å². The van der Waals surface area contributed by atoms with Crippen LogP contribution in [0.5, 0.6) is 0 Å². The highest BCUT2D eigenvalue weighted by molar-refractivity contribution is 5.98. The molecule has 0 aromatic heterocycles. The fourth-order valence-corrected chi connectivity index (χ4v) is 3.92. The van der Waals surface area contributed by atoms with Crippen LogP contribution in [0.2, 0.25) is 0 Å². The molecule has 2 atom stereocenters. The summed E-state index contributed by atoms with van der Waals surface area (Å²) in [5.74, 6) is -1.26. The Morgan fingerprint density at radius 2 is 1.93 bits per heavy atom. The van der Waals surface area contributed by atoms with Crippen molar-refractivity contribution in [2.45, 2.75) is 57.7 Å². The third kappa shape index (κ3) is 4.33. The molecule has 2 saturated heterocycles. The van der Waals surface area contributed by atoms with Gasteiger partial charge in [0, 0.05) is 5.92 Å². The number of carbonyl (C=O) groups is 2. The lowest BCUT2D eigenvalue weighted by Gasteiger charge is -2.47. The molecule has 0 aliphatic carbocycles. The second-order valence-corrected chi connectivity index (χ2v) is 8.41. The van der Waals surface area contributed by atoms with Gasteiger partial charge >= 0.3 is 6.09 Å². The molecule has 1 aromatic rings. The molecule has 28 heavy (non-hydrogen) atoms. The number of hydrogen-bond donors (Lipinski definition) is 0. The molecule has 2 aliphatic heterocycles. The molecule has 2 fully saturated rings. The predicted octanol–water partition coefficient (Wildman–Crippen LogP) is 3.49. The van der Waals surface area contributed by atoms with E-state index in [0.29, 0.717) is 31.6 Å². The zero-order valence-corrected chi connectivity index (χ0v) is 16.4. The van der Waals surface area contributed by atoms with Crippen LogP contribution < -0.4 is 0 Å². The SMILES string of the molecule is CC(C)(C)OC(=O)N1C2COCC1CC(C(=O)c1cc(CC#N)ccc1F)C2. The topological polar surface area (TPSA) is 79.6 Å². The summed E-state index contributed by atoms with van der Waals surface area (Å²) in [5.41, 5.74) is 0.0212. The van der Waals surface area contributed by atoms with Crippen LogP contribution in [0.1, 0.15) is 49.5 Å². The van der Waals surface area contributed by atoms with Gasteiger partial charge < -0.3 is 9.47 Å². The lowest BCUT2D eigenvalue weighted by Crippen LogP contribution is -2.60. The van der Waals surface area contributed by atoms with Gasteiger partial charge in [-0.1, -0.05) is 6.07 Å². The van der Waals surface area contributed by atoms with E-state index in [4.69, 9.17) is 14.7 Å². The third-order valence-corrected chi connectivity index (χ3v) is 5.07. The highest BCUT2D eigenvalue weighted by Crippen LogP contribution is 2.35. The van der Waals surface area contributed by atoms with Crippen molar-refractivity contribution >= 4 is 11.9 Å². The van der Waals surface area contributed by atoms with Crippen molar-refractivity contribution in [1.29, 1.82) is 5.26 Å². The van der Waals surface area contributed by atoms with Crippen LogP contribution in [0, 0.1) is 23.1 Å². The van der Waals surface area contributed by atoms with E-state index in [1.807, 2.05) is 26.8 Å². The number of hydrogen-bond acceptors (Lipinski definition) is 5. The Bertz CT molecular complexity index is 798. The molecule has 150 valence electrons. The zero-order valence-electron chi connectivity index (χ0n) is 16.4. The Morgan fingerprint density at radius 3 is 2.50 bits per heavy atom. The summed E-state index contributed by atoms with van der Waals surface area (Å²) in [6, 6.07) is 5.68. The lowest BCUT2D eigenvalue weighted by atomic mass is 9.80. The molecular formula is C21H25FN2O4. The lowest BCUT2D eigenvalue weighted by molar-refractivity contribution is -0.0861. The maximum atomic E-state index is 14.3. The Hall–Kier alpha value is -2.46. The number of amides is 1. The molecule has 2 heterocycles. The first-order valence-corrected chi connectivity index (χ1v) is 9.48. The first-order valence-electron chi connectivity index (χ1n) is 9.48. The van der Waals surface area contributed by atoms with Crippen molar-refractivity contribution in [3.63, 3.8) is 0 Å². The number of piperidine rings is 1. The van der Waals surface area contributed by atoms with Gasteiger partial charge in [0.25, 0.3) is 0 Å². The normalized spacial score (nSPS) is 24.4. The number of rotatable bonds is 3. The summed E-state index contributed by atoms with van der Waals surface area (Å²) < 4.78 is 25.4. The number of ketones is 1. The summed E-state index contributed by atoms with van der Waals surface area (Å²) >= 11 is 0. The van der Waals surface area contributed by atoms with Crippen molar-refractivity contribution in [2.24, 2.45) is 5.92 Å². The minimum atomic E-state index is -0.608. The minimum Gasteiger partial charge on any atom is -0.444 e. The van der Waals surface area contributed by atoms with Crippen LogP contribution in [-0.2, 0) is 15.9 Å². The van der Waals surface area contributed by atoms with Gasteiger partial charge in [-0.25, -0.2) is 9.18 Å². The Kier molecular flexibility index (Phi) is 5.71.